The molecule has 3 rings (SSSR count). The van der Waals surface area contributed by atoms with Crippen molar-refractivity contribution in [3.05, 3.63) is 60.3 Å². The molecule has 1 aromatic heterocycles. The number of aromatic nitrogens is 2. The predicted octanol–water partition coefficient (Wildman–Crippen LogP) is 5.03. The van der Waals surface area contributed by atoms with Gasteiger partial charge in [0.25, 0.3) is 0 Å². The van der Waals surface area contributed by atoms with Gasteiger partial charge in [0.1, 0.15) is 5.75 Å². The van der Waals surface area contributed by atoms with Gasteiger partial charge >= 0.3 is 0 Å². The second kappa shape index (κ2) is 9.51. The van der Waals surface area contributed by atoms with Crippen LogP contribution in [0.2, 0.25) is 0 Å². The number of hydrogen-bond donors (Lipinski definition) is 1. The fourth-order valence-electron chi connectivity index (χ4n) is 2.65. The van der Waals surface area contributed by atoms with Crippen LogP contribution in [0.3, 0.4) is 0 Å². The highest BCUT2D eigenvalue weighted by molar-refractivity contribution is 5.91. The molecule has 0 bridgehead atoms. The number of ether oxygens (including phenoxy) is 1. The Balaban J connectivity index is 1.54. The molecular weight excluding hydrogens is 324 g/mol. The normalized spacial score (nSPS) is 11.1. The van der Waals surface area contributed by atoms with Crippen LogP contribution in [0, 0.1) is 0 Å². The molecule has 0 fully saturated rings. The number of rotatable bonds is 9. The SMILES string of the molecule is CCCCCCOc1ccc(C=NNc2nncc3ccccc23)cc1. The van der Waals surface area contributed by atoms with E-state index in [0.717, 1.165) is 35.1 Å². The van der Waals surface area contributed by atoms with Crippen LogP contribution in [0.5, 0.6) is 5.75 Å². The van der Waals surface area contributed by atoms with Crippen molar-refractivity contribution >= 4 is 22.8 Å². The molecule has 134 valence electrons. The summed E-state index contributed by atoms with van der Waals surface area (Å²) in [6.45, 7) is 2.98. The van der Waals surface area contributed by atoms with E-state index in [4.69, 9.17) is 4.74 Å². The summed E-state index contributed by atoms with van der Waals surface area (Å²) in [5.41, 5.74) is 3.96. The Bertz CT molecular complexity index is 841. The molecule has 0 saturated heterocycles. The molecule has 0 saturated carbocycles. The van der Waals surface area contributed by atoms with E-state index < -0.39 is 0 Å². The van der Waals surface area contributed by atoms with E-state index in [-0.39, 0.29) is 0 Å². The molecule has 0 aliphatic rings. The molecule has 5 heteroatoms. The lowest BCUT2D eigenvalue weighted by atomic mass is 10.2. The lowest BCUT2D eigenvalue weighted by Crippen LogP contribution is -1.98. The number of nitrogens with one attached hydrogen (secondary N) is 1. The van der Waals surface area contributed by atoms with Gasteiger partial charge < -0.3 is 4.74 Å². The molecule has 0 spiro atoms. The highest BCUT2D eigenvalue weighted by Gasteiger charge is 2.01. The van der Waals surface area contributed by atoms with Gasteiger partial charge in [0.05, 0.1) is 19.0 Å². The largest absolute Gasteiger partial charge is 0.494 e. The van der Waals surface area contributed by atoms with Crippen LogP contribution in [0.1, 0.15) is 38.2 Å². The van der Waals surface area contributed by atoms with Crippen LogP contribution < -0.4 is 10.2 Å². The first kappa shape index (κ1) is 17.9. The number of nitrogens with zero attached hydrogens (tertiary/aromatic N) is 3. The van der Waals surface area contributed by atoms with E-state index in [9.17, 15) is 0 Å². The van der Waals surface area contributed by atoms with Crippen molar-refractivity contribution in [1.82, 2.24) is 10.2 Å². The molecule has 5 nitrogen and oxygen atoms in total. The van der Waals surface area contributed by atoms with Gasteiger partial charge in [0, 0.05) is 10.8 Å². The number of benzene rings is 2. The summed E-state index contributed by atoms with van der Waals surface area (Å²) in [5.74, 6) is 1.54. The van der Waals surface area contributed by atoms with Crippen LogP contribution in [0.25, 0.3) is 10.8 Å². The standard InChI is InChI=1S/C21H24N4O/c1-2-3-4-7-14-26-19-12-10-17(11-13-19)15-22-24-21-20-9-6-5-8-18(20)16-23-25-21/h5-6,8-13,15-16H,2-4,7,14H2,1H3,(H,24,25). The minimum atomic E-state index is 0.645. The summed E-state index contributed by atoms with van der Waals surface area (Å²) in [6.07, 6.45) is 8.34. The van der Waals surface area contributed by atoms with E-state index in [1.165, 1.54) is 19.3 Å². The molecule has 1 N–H and O–H groups in total. The highest BCUT2D eigenvalue weighted by atomic mass is 16.5. The van der Waals surface area contributed by atoms with Crippen molar-refractivity contribution < 1.29 is 4.74 Å². The maximum absolute atomic E-state index is 5.75. The van der Waals surface area contributed by atoms with Crippen molar-refractivity contribution in [2.75, 3.05) is 12.0 Å². The van der Waals surface area contributed by atoms with E-state index in [0.29, 0.717) is 5.82 Å². The fraction of sp³-hybridized carbons (Fsp3) is 0.286. The average molecular weight is 348 g/mol. The van der Waals surface area contributed by atoms with Crippen LogP contribution in [-0.2, 0) is 0 Å². The third-order valence-electron chi connectivity index (χ3n) is 4.10. The van der Waals surface area contributed by atoms with Gasteiger partial charge in [-0.1, -0.05) is 50.5 Å². The Kier molecular flexibility index (Phi) is 6.53. The molecular formula is C21H24N4O. The van der Waals surface area contributed by atoms with Gasteiger partial charge in [-0.05, 0) is 36.2 Å². The first-order valence-corrected chi connectivity index (χ1v) is 9.09. The smallest absolute Gasteiger partial charge is 0.176 e. The first-order chi connectivity index (χ1) is 12.9. The summed E-state index contributed by atoms with van der Waals surface area (Å²) in [6, 6.07) is 15.9. The lowest BCUT2D eigenvalue weighted by molar-refractivity contribution is 0.305. The van der Waals surface area contributed by atoms with Crippen molar-refractivity contribution in [3.63, 3.8) is 0 Å². The van der Waals surface area contributed by atoms with Crippen molar-refractivity contribution in [3.8, 4) is 5.75 Å². The summed E-state index contributed by atoms with van der Waals surface area (Å²) in [7, 11) is 0. The molecule has 1 heterocycles. The van der Waals surface area contributed by atoms with Gasteiger partial charge in [0.15, 0.2) is 5.82 Å². The number of unbranched alkanes of at least 4 members (excludes halogenated alkanes) is 3. The molecule has 2 aromatic carbocycles. The molecule has 0 radical (unpaired) electrons. The summed E-state index contributed by atoms with van der Waals surface area (Å²) in [4.78, 5) is 0. The second-order valence-electron chi connectivity index (χ2n) is 6.13. The Morgan fingerprint density at radius 3 is 2.73 bits per heavy atom. The summed E-state index contributed by atoms with van der Waals surface area (Å²) >= 11 is 0. The van der Waals surface area contributed by atoms with Crippen molar-refractivity contribution in [2.45, 2.75) is 32.6 Å². The Morgan fingerprint density at radius 1 is 1.04 bits per heavy atom. The second-order valence-corrected chi connectivity index (χ2v) is 6.13. The minimum absolute atomic E-state index is 0.645. The molecule has 26 heavy (non-hydrogen) atoms. The third kappa shape index (κ3) is 5.02. The molecule has 0 aliphatic carbocycles. The topological polar surface area (TPSA) is 59.4 Å². The molecule has 3 aromatic rings. The van der Waals surface area contributed by atoms with E-state index in [2.05, 4.69) is 27.6 Å². The fourth-order valence-corrected chi connectivity index (χ4v) is 2.65. The van der Waals surface area contributed by atoms with Gasteiger partial charge in [-0.2, -0.15) is 10.2 Å². The monoisotopic (exact) mass is 348 g/mol. The van der Waals surface area contributed by atoms with E-state index >= 15 is 0 Å². The summed E-state index contributed by atoms with van der Waals surface area (Å²) in [5, 5.41) is 14.4. The number of hydrogen-bond acceptors (Lipinski definition) is 5. The lowest BCUT2D eigenvalue weighted by Gasteiger charge is -2.06. The number of fused-ring (bicyclic) bond motifs is 1. The number of hydrazone groups is 1. The Hall–Kier alpha value is -2.95. The summed E-state index contributed by atoms with van der Waals surface area (Å²) < 4.78 is 5.75. The maximum Gasteiger partial charge on any atom is 0.176 e. The van der Waals surface area contributed by atoms with Gasteiger partial charge in [0.2, 0.25) is 0 Å². The Labute approximate surface area is 154 Å². The minimum Gasteiger partial charge on any atom is -0.494 e. The van der Waals surface area contributed by atoms with E-state index in [1.807, 2.05) is 48.5 Å². The van der Waals surface area contributed by atoms with Gasteiger partial charge in [-0.25, -0.2) is 0 Å². The van der Waals surface area contributed by atoms with Crippen molar-refractivity contribution in [1.29, 1.82) is 0 Å². The zero-order valence-corrected chi connectivity index (χ0v) is 15.1. The molecule has 0 unspecified atom stereocenters. The van der Waals surface area contributed by atoms with Crippen LogP contribution >= 0.6 is 0 Å². The van der Waals surface area contributed by atoms with Gasteiger partial charge in [-0.15, -0.1) is 5.10 Å². The quantitative estimate of drug-likeness (QED) is 0.334. The number of anilines is 1. The van der Waals surface area contributed by atoms with Gasteiger partial charge in [-0.3, -0.25) is 5.43 Å². The van der Waals surface area contributed by atoms with Crippen LogP contribution in [-0.4, -0.2) is 23.0 Å². The third-order valence-corrected chi connectivity index (χ3v) is 4.10. The zero-order valence-electron chi connectivity index (χ0n) is 15.1. The van der Waals surface area contributed by atoms with E-state index in [1.54, 1.807) is 12.4 Å². The zero-order chi connectivity index (χ0) is 18.0. The molecule has 0 atom stereocenters. The maximum atomic E-state index is 5.75. The first-order valence-electron chi connectivity index (χ1n) is 9.09. The highest BCUT2D eigenvalue weighted by Crippen LogP contribution is 2.19. The van der Waals surface area contributed by atoms with Crippen LogP contribution in [0.4, 0.5) is 5.82 Å². The van der Waals surface area contributed by atoms with Crippen LogP contribution in [0.15, 0.2) is 59.8 Å². The predicted molar refractivity (Wildman–Crippen MR) is 107 cm³/mol. The average Bonchev–Trinajstić information content (AvgIpc) is 2.69. The molecule has 0 amide bonds. The van der Waals surface area contributed by atoms with Crippen molar-refractivity contribution in [2.24, 2.45) is 5.10 Å². The molecule has 0 aliphatic heterocycles. The Morgan fingerprint density at radius 2 is 1.88 bits per heavy atom.